The van der Waals surface area contributed by atoms with Crippen molar-refractivity contribution in [1.29, 1.82) is 0 Å². The standard InChI is InChI=1S/C17H14N2O4/c20-15(11-4-2-1-3-5-11)18-12-6-7-14-13(10-12)17(16(21)19-14)22-8-9-23-17/h1-7,10H,8-9H2,(H,18,20)(H,19,21). The summed E-state index contributed by atoms with van der Waals surface area (Å²) >= 11 is 0. The molecule has 4 rings (SSSR count). The first kappa shape index (κ1) is 13.9. The second-order valence-electron chi connectivity index (χ2n) is 5.35. The van der Waals surface area contributed by atoms with Gasteiger partial charge in [-0.05, 0) is 30.3 Å². The number of anilines is 2. The number of rotatable bonds is 2. The Morgan fingerprint density at radius 2 is 1.83 bits per heavy atom. The van der Waals surface area contributed by atoms with Crippen LogP contribution in [0.5, 0.6) is 0 Å². The molecule has 2 aliphatic rings. The largest absolute Gasteiger partial charge is 0.336 e. The maximum Gasteiger partial charge on any atom is 0.289 e. The number of ether oxygens (including phenoxy) is 2. The van der Waals surface area contributed by atoms with Crippen molar-refractivity contribution in [2.24, 2.45) is 0 Å². The first-order valence-corrected chi connectivity index (χ1v) is 7.29. The van der Waals surface area contributed by atoms with Crippen LogP contribution in [0, 0.1) is 0 Å². The van der Waals surface area contributed by atoms with Crippen molar-refractivity contribution in [3.8, 4) is 0 Å². The van der Waals surface area contributed by atoms with E-state index in [1.165, 1.54) is 0 Å². The van der Waals surface area contributed by atoms with E-state index < -0.39 is 5.79 Å². The number of amides is 2. The summed E-state index contributed by atoms with van der Waals surface area (Å²) in [6.45, 7) is 0.709. The second-order valence-corrected chi connectivity index (χ2v) is 5.35. The molecule has 1 saturated heterocycles. The van der Waals surface area contributed by atoms with Crippen LogP contribution in [-0.2, 0) is 20.1 Å². The summed E-state index contributed by atoms with van der Waals surface area (Å²) in [7, 11) is 0. The molecule has 0 bridgehead atoms. The molecule has 2 amide bonds. The van der Waals surface area contributed by atoms with Crippen LogP contribution in [-0.4, -0.2) is 25.0 Å². The predicted molar refractivity (Wildman–Crippen MR) is 83.0 cm³/mol. The van der Waals surface area contributed by atoms with Gasteiger partial charge in [-0.2, -0.15) is 0 Å². The third-order valence-corrected chi connectivity index (χ3v) is 3.91. The number of nitrogens with one attached hydrogen (secondary N) is 2. The zero-order chi connectivity index (χ0) is 15.9. The van der Waals surface area contributed by atoms with Gasteiger partial charge in [0.2, 0.25) is 0 Å². The maximum absolute atomic E-state index is 12.2. The van der Waals surface area contributed by atoms with E-state index in [-0.39, 0.29) is 11.8 Å². The van der Waals surface area contributed by atoms with Gasteiger partial charge in [-0.15, -0.1) is 0 Å². The van der Waals surface area contributed by atoms with Gasteiger partial charge in [-0.25, -0.2) is 0 Å². The molecule has 2 aliphatic heterocycles. The summed E-state index contributed by atoms with van der Waals surface area (Å²) in [4.78, 5) is 24.4. The first-order valence-electron chi connectivity index (χ1n) is 7.29. The van der Waals surface area contributed by atoms with Crippen LogP contribution in [0.25, 0.3) is 0 Å². The van der Waals surface area contributed by atoms with Crippen molar-refractivity contribution in [3.63, 3.8) is 0 Å². The predicted octanol–water partition coefficient (Wildman–Crippen LogP) is 2.09. The molecule has 0 unspecified atom stereocenters. The molecule has 1 fully saturated rings. The van der Waals surface area contributed by atoms with E-state index in [0.29, 0.717) is 35.7 Å². The quantitative estimate of drug-likeness (QED) is 0.890. The second kappa shape index (κ2) is 5.19. The van der Waals surface area contributed by atoms with E-state index >= 15 is 0 Å². The van der Waals surface area contributed by atoms with Gasteiger partial charge in [0.15, 0.2) is 0 Å². The number of carbonyl (C=O) groups is 2. The minimum absolute atomic E-state index is 0.217. The number of hydrogen-bond acceptors (Lipinski definition) is 4. The van der Waals surface area contributed by atoms with E-state index in [1.54, 1.807) is 42.5 Å². The van der Waals surface area contributed by atoms with Crippen molar-refractivity contribution >= 4 is 23.2 Å². The molecule has 23 heavy (non-hydrogen) atoms. The van der Waals surface area contributed by atoms with Crippen LogP contribution in [0.4, 0.5) is 11.4 Å². The summed E-state index contributed by atoms with van der Waals surface area (Å²) in [5.74, 6) is -1.94. The Bertz CT molecular complexity index is 782. The van der Waals surface area contributed by atoms with Gasteiger partial charge in [0.05, 0.1) is 18.9 Å². The third-order valence-electron chi connectivity index (χ3n) is 3.91. The molecule has 2 N–H and O–H groups in total. The number of fused-ring (bicyclic) bond motifs is 2. The van der Waals surface area contributed by atoms with Crippen LogP contribution < -0.4 is 10.6 Å². The molecule has 116 valence electrons. The fourth-order valence-electron chi connectivity index (χ4n) is 2.82. The van der Waals surface area contributed by atoms with Crippen molar-refractivity contribution in [3.05, 3.63) is 59.7 Å². The highest BCUT2D eigenvalue weighted by atomic mass is 16.7. The molecular weight excluding hydrogens is 296 g/mol. The molecule has 2 heterocycles. The van der Waals surface area contributed by atoms with Gasteiger partial charge in [0, 0.05) is 16.8 Å². The molecule has 1 spiro atoms. The van der Waals surface area contributed by atoms with Gasteiger partial charge in [0.1, 0.15) is 0 Å². The summed E-state index contributed by atoms with van der Waals surface area (Å²) in [6, 6.07) is 14.1. The lowest BCUT2D eigenvalue weighted by molar-refractivity contribution is -0.178. The SMILES string of the molecule is O=C(Nc1ccc2c(c1)C1(OCCO1)C(=O)N2)c1ccccc1. The molecule has 0 aromatic heterocycles. The summed E-state index contributed by atoms with van der Waals surface area (Å²) in [5, 5.41) is 5.56. The van der Waals surface area contributed by atoms with Gasteiger partial charge >= 0.3 is 0 Å². The number of benzene rings is 2. The van der Waals surface area contributed by atoms with E-state index in [0.717, 1.165) is 0 Å². The van der Waals surface area contributed by atoms with Crippen LogP contribution in [0.3, 0.4) is 0 Å². The van der Waals surface area contributed by atoms with E-state index in [2.05, 4.69) is 10.6 Å². The van der Waals surface area contributed by atoms with Crippen LogP contribution in [0.1, 0.15) is 15.9 Å². The van der Waals surface area contributed by atoms with Gasteiger partial charge in [0.25, 0.3) is 17.6 Å². The zero-order valence-electron chi connectivity index (χ0n) is 12.2. The zero-order valence-corrected chi connectivity index (χ0v) is 12.2. The minimum atomic E-state index is -1.39. The smallest absolute Gasteiger partial charge is 0.289 e. The number of carbonyl (C=O) groups excluding carboxylic acids is 2. The van der Waals surface area contributed by atoms with Crippen LogP contribution in [0.2, 0.25) is 0 Å². The highest BCUT2D eigenvalue weighted by molar-refractivity contribution is 6.07. The molecule has 0 radical (unpaired) electrons. The fraction of sp³-hybridized carbons (Fsp3) is 0.176. The normalized spacial score (nSPS) is 17.8. The Morgan fingerprint density at radius 1 is 1.09 bits per heavy atom. The lowest BCUT2D eigenvalue weighted by Gasteiger charge is -2.19. The molecular formula is C17H14N2O4. The highest BCUT2D eigenvalue weighted by Crippen LogP contribution is 2.43. The average Bonchev–Trinajstić information content (AvgIpc) is 3.17. The Balaban J connectivity index is 1.64. The lowest BCUT2D eigenvalue weighted by atomic mass is 10.1. The Labute approximate surface area is 132 Å². The first-order chi connectivity index (χ1) is 11.2. The Kier molecular flexibility index (Phi) is 3.14. The lowest BCUT2D eigenvalue weighted by Crippen LogP contribution is -2.35. The maximum atomic E-state index is 12.2. The van der Waals surface area contributed by atoms with E-state index in [9.17, 15) is 9.59 Å². The van der Waals surface area contributed by atoms with Crippen molar-refractivity contribution in [2.45, 2.75) is 5.79 Å². The summed E-state index contributed by atoms with van der Waals surface area (Å²) in [6.07, 6.45) is 0. The van der Waals surface area contributed by atoms with Crippen LogP contribution in [0.15, 0.2) is 48.5 Å². The average molecular weight is 310 g/mol. The fourth-order valence-corrected chi connectivity index (χ4v) is 2.82. The Hall–Kier alpha value is -2.70. The molecule has 0 saturated carbocycles. The van der Waals surface area contributed by atoms with Gasteiger partial charge < -0.3 is 20.1 Å². The molecule has 0 aliphatic carbocycles. The van der Waals surface area contributed by atoms with E-state index in [1.807, 2.05) is 6.07 Å². The highest BCUT2D eigenvalue weighted by Gasteiger charge is 2.52. The topological polar surface area (TPSA) is 76.7 Å². The van der Waals surface area contributed by atoms with E-state index in [4.69, 9.17) is 9.47 Å². The molecule has 2 aromatic rings. The summed E-state index contributed by atoms with van der Waals surface area (Å²) in [5.41, 5.74) is 2.36. The molecule has 2 aromatic carbocycles. The monoisotopic (exact) mass is 310 g/mol. The van der Waals surface area contributed by atoms with Crippen molar-refractivity contribution in [2.75, 3.05) is 23.8 Å². The van der Waals surface area contributed by atoms with Crippen molar-refractivity contribution < 1.29 is 19.1 Å². The molecule has 6 nitrogen and oxygen atoms in total. The molecule has 6 heteroatoms. The minimum Gasteiger partial charge on any atom is -0.336 e. The number of hydrogen-bond donors (Lipinski definition) is 2. The van der Waals surface area contributed by atoms with Gasteiger partial charge in [-0.3, -0.25) is 9.59 Å². The van der Waals surface area contributed by atoms with Crippen LogP contribution >= 0.6 is 0 Å². The molecule has 0 atom stereocenters. The summed E-state index contributed by atoms with van der Waals surface area (Å²) < 4.78 is 11.1. The Morgan fingerprint density at radius 3 is 2.57 bits per heavy atom. The van der Waals surface area contributed by atoms with Gasteiger partial charge in [-0.1, -0.05) is 18.2 Å². The third kappa shape index (κ3) is 2.19. The van der Waals surface area contributed by atoms with Crippen molar-refractivity contribution in [1.82, 2.24) is 0 Å².